The van der Waals surface area contributed by atoms with Crippen LogP contribution in [0.3, 0.4) is 0 Å². The molecule has 0 radical (unpaired) electrons. The Bertz CT molecular complexity index is 1280. The Kier molecular flexibility index (Phi) is 7.90. The fourth-order valence-corrected chi connectivity index (χ4v) is 4.49. The highest BCUT2D eigenvalue weighted by Crippen LogP contribution is 2.29. The Labute approximate surface area is 210 Å². The van der Waals surface area contributed by atoms with E-state index >= 15 is 0 Å². The van der Waals surface area contributed by atoms with E-state index in [1.807, 2.05) is 25.1 Å². The number of aryl methyl sites for hydroxylation is 1. The molecular formula is C26H32ClN5O3. The topological polar surface area (TPSA) is 89.3 Å². The molecule has 0 spiro atoms. The van der Waals surface area contributed by atoms with Crippen LogP contribution < -0.4 is 20.5 Å². The van der Waals surface area contributed by atoms with Gasteiger partial charge >= 0.3 is 0 Å². The zero-order chi connectivity index (χ0) is 24.9. The second-order valence-electron chi connectivity index (χ2n) is 9.10. The van der Waals surface area contributed by atoms with E-state index in [0.717, 1.165) is 42.5 Å². The monoisotopic (exact) mass is 497 g/mol. The second kappa shape index (κ2) is 11.1. The number of ketones is 1. The van der Waals surface area contributed by atoms with Gasteiger partial charge in [0, 0.05) is 37.1 Å². The molecule has 9 heteroatoms. The summed E-state index contributed by atoms with van der Waals surface area (Å²) in [6, 6.07) is 7.42. The van der Waals surface area contributed by atoms with Crippen molar-refractivity contribution in [1.29, 1.82) is 0 Å². The smallest absolute Gasteiger partial charge is 0.293 e. The molecule has 1 atom stereocenters. The van der Waals surface area contributed by atoms with Crippen LogP contribution in [0.1, 0.15) is 46.5 Å². The molecule has 4 rings (SSSR count). The lowest BCUT2D eigenvalue weighted by atomic mass is 10.0. The Hall–Kier alpha value is -3.13. The molecule has 3 aromatic rings. The number of nitrogens with one attached hydrogen (secondary N) is 1. The van der Waals surface area contributed by atoms with Gasteiger partial charge in [-0.15, -0.1) is 0 Å². The molecule has 0 aliphatic carbocycles. The number of pyridine rings is 1. The molecule has 0 saturated carbocycles. The molecule has 1 N–H and O–H groups in total. The van der Waals surface area contributed by atoms with Crippen molar-refractivity contribution in [3.63, 3.8) is 0 Å². The molecule has 2 aromatic heterocycles. The number of ether oxygens (including phenoxy) is 1. The normalized spacial score (nSPS) is 15.9. The van der Waals surface area contributed by atoms with Crippen LogP contribution in [0.15, 0.2) is 35.3 Å². The van der Waals surface area contributed by atoms with E-state index in [0.29, 0.717) is 35.7 Å². The molecule has 0 amide bonds. The number of benzene rings is 1. The first-order valence-electron chi connectivity index (χ1n) is 12.3. The lowest BCUT2D eigenvalue weighted by Gasteiger charge is -2.31. The molecule has 1 saturated heterocycles. The van der Waals surface area contributed by atoms with E-state index in [9.17, 15) is 9.59 Å². The van der Waals surface area contributed by atoms with Crippen molar-refractivity contribution in [3.05, 3.63) is 45.8 Å². The summed E-state index contributed by atoms with van der Waals surface area (Å²) in [5.41, 5.74) is 1.34. The van der Waals surface area contributed by atoms with E-state index < -0.39 is 0 Å². The number of fused-ring (bicyclic) bond motifs is 1. The van der Waals surface area contributed by atoms with Crippen LogP contribution in [-0.4, -0.2) is 40.0 Å². The lowest BCUT2D eigenvalue weighted by molar-refractivity contribution is -0.120. The highest BCUT2D eigenvalue weighted by Gasteiger charge is 2.20. The Morgan fingerprint density at radius 2 is 2.11 bits per heavy atom. The second-order valence-corrected chi connectivity index (χ2v) is 9.51. The number of hydrogen-bond donors (Lipinski definition) is 1. The number of piperidine rings is 1. The minimum Gasteiger partial charge on any atom is -0.480 e. The van der Waals surface area contributed by atoms with Gasteiger partial charge in [0.1, 0.15) is 11.6 Å². The summed E-state index contributed by atoms with van der Waals surface area (Å²) < 4.78 is 7.30. The van der Waals surface area contributed by atoms with Gasteiger partial charge in [0.2, 0.25) is 5.95 Å². The minimum absolute atomic E-state index is 0.0562. The van der Waals surface area contributed by atoms with Crippen LogP contribution in [0.2, 0.25) is 5.02 Å². The molecular weight excluding hydrogens is 466 g/mol. The zero-order valence-corrected chi connectivity index (χ0v) is 21.3. The zero-order valence-electron chi connectivity index (χ0n) is 20.5. The molecule has 8 nitrogen and oxygen atoms in total. The minimum atomic E-state index is -0.233. The predicted octanol–water partition coefficient (Wildman–Crippen LogP) is 5.19. The third-order valence-corrected chi connectivity index (χ3v) is 6.50. The average Bonchev–Trinajstić information content (AvgIpc) is 2.85. The number of nitrogens with zero attached hydrogens (tertiary/aromatic N) is 4. The van der Waals surface area contributed by atoms with E-state index in [1.54, 1.807) is 23.8 Å². The van der Waals surface area contributed by atoms with Gasteiger partial charge in [-0.25, -0.2) is 4.98 Å². The molecule has 1 aliphatic rings. The first-order chi connectivity index (χ1) is 16.9. The maximum Gasteiger partial charge on any atom is 0.293 e. The SMILES string of the molecule is CCCn1c(=O)c(OCC(=O)CC)cc2cc(Nc3nc(N4CCC[C@H](C)C4)ncc3Cl)ccc21. The fraction of sp³-hybridized carbons (Fsp3) is 0.462. The summed E-state index contributed by atoms with van der Waals surface area (Å²) in [6.45, 7) is 8.32. The van der Waals surface area contributed by atoms with E-state index in [1.165, 1.54) is 6.42 Å². The Morgan fingerprint density at radius 3 is 2.86 bits per heavy atom. The largest absolute Gasteiger partial charge is 0.480 e. The Balaban J connectivity index is 1.66. The third-order valence-electron chi connectivity index (χ3n) is 6.23. The number of hydrogen-bond acceptors (Lipinski definition) is 7. The van der Waals surface area contributed by atoms with Gasteiger partial charge in [0.05, 0.1) is 11.7 Å². The van der Waals surface area contributed by atoms with Gasteiger partial charge in [-0.3, -0.25) is 9.59 Å². The summed E-state index contributed by atoms with van der Waals surface area (Å²) in [4.78, 5) is 36.1. The molecule has 1 aromatic carbocycles. The average molecular weight is 498 g/mol. The summed E-state index contributed by atoms with van der Waals surface area (Å²) in [6.07, 6.45) is 5.12. The number of rotatable bonds is 9. The van der Waals surface area contributed by atoms with Crippen molar-refractivity contribution in [2.75, 3.05) is 29.9 Å². The number of carbonyl (C=O) groups excluding carboxylic acids is 1. The molecule has 35 heavy (non-hydrogen) atoms. The van der Waals surface area contributed by atoms with E-state index in [-0.39, 0.29) is 23.7 Å². The maximum atomic E-state index is 13.0. The van der Waals surface area contributed by atoms with Crippen molar-refractivity contribution in [2.45, 2.75) is 53.0 Å². The summed E-state index contributed by atoms with van der Waals surface area (Å²) in [5, 5.41) is 4.55. The molecule has 1 aliphatic heterocycles. The van der Waals surface area contributed by atoms with Crippen LogP contribution in [0, 0.1) is 5.92 Å². The van der Waals surface area contributed by atoms with Crippen LogP contribution in [-0.2, 0) is 11.3 Å². The Morgan fingerprint density at radius 1 is 1.29 bits per heavy atom. The van der Waals surface area contributed by atoms with Crippen molar-refractivity contribution < 1.29 is 9.53 Å². The predicted molar refractivity (Wildman–Crippen MR) is 140 cm³/mol. The third kappa shape index (κ3) is 5.75. The first kappa shape index (κ1) is 25.0. The number of anilines is 3. The number of Topliss-reactive ketones (excluding diaryl/α,β-unsaturated/α-hetero) is 1. The molecule has 186 valence electrons. The van der Waals surface area contributed by atoms with Gasteiger partial charge in [0.15, 0.2) is 17.4 Å². The summed E-state index contributed by atoms with van der Waals surface area (Å²) >= 11 is 6.43. The molecule has 0 bridgehead atoms. The van der Waals surface area contributed by atoms with Crippen molar-refractivity contribution in [3.8, 4) is 5.75 Å². The number of aromatic nitrogens is 3. The number of halogens is 1. The lowest BCUT2D eigenvalue weighted by Crippen LogP contribution is -2.35. The summed E-state index contributed by atoms with van der Waals surface area (Å²) in [7, 11) is 0. The summed E-state index contributed by atoms with van der Waals surface area (Å²) in [5.74, 6) is 1.91. The van der Waals surface area contributed by atoms with Crippen LogP contribution in [0.4, 0.5) is 17.5 Å². The van der Waals surface area contributed by atoms with Crippen LogP contribution >= 0.6 is 11.6 Å². The molecule has 3 heterocycles. The molecule has 0 unspecified atom stereocenters. The van der Waals surface area contributed by atoms with E-state index in [2.05, 4.69) is 22.1 Å². The van der Waals surface area contributed by atoms with Crippen LogP contribution in [0.25, 0.3) is 10.9 Å². The highest BCUT2D eigenvalue weighted by atomic mass is 35.5. The van der Waals surface area contributed by atoms with Crippen molar-refractivity contribution >= 4 is 45.7 Å². The van der Waals surface area contributed by atoms with Gasteiger partial charge in [-0.05, 0) is 49.4 Å². The molecule has 1 fully saturated rings. The maximum absolute atomic E-state index is 13.0. The van der Waals surface area contributed by atoms with Gasteiger partial charge in [-0.1, -0.05) is 32.4 Å². The van der Waals surface area contributed by atoms with Gasteiger partial charge in [-0.2, -0.15) is 4.98 Å². The van der Waals surface area contributed by atoms with E-state index in [4.69, 9.17) is 21.3 Å². The van der Waals surface area contributed by atoms with Crippen molar-refractivity contribution in [1.82, 2.24) is 14.5 Å². The first-order valence-corrected chi connectivity index (χ1v) is 12.6. The van der Waals surface area contributed by atoms with Crippen LogP contribution in [0.5, 0.6) is 5.75 Å². The highest BCUT2D eigenvalue weighted by molar-refractivity contribution is 6.32. The quantitative estimate of drug-likeness (QED) is 0.435. The van der Waals surface area contributed by atoms with Gasteiger partial charge in [0.25, 0.3) is 5.56 Å². The van der Waals surface area contributed by atoms with Crippen molar-refractivity contribution in [2.24, 2.45) is 5.92 Å². The van der Waals surface area contributed by atoms with Gasteiger partial charge < -0.3 is 19.5 Å². The fourth-order valence-electron chi connectivity index (χ4n) is 4.35. The standard InChI is InChI=1S/C26H32ClN5O3/c1-4-10-32-22-9-8-19(12-18(22)13-23(25(32)34)35-16-20(33)5-2)29-24-21(27)14-28-26(30-24)31-11-6-7-17(3)15-31/h8-9,12-14,17H,4-7,10-11,15-16H2,1-3H3,(H,28,29,30)/t17-/m0/s1. The number of carbonyl (C=O) groups is 1.